The van der Waals surface area contributed by atoms with Gasteiger partial charge in [0.15, 0.2) is 0 Å². The van der Waals surface area contributed by atoms with Crippen molar-refractivity contribution >= 4 is 0 Å². The smallest absolute Gasteiger partial charge is 0.143 e. The molecule has 0 aliphatic carbocycles. The molecule has 0 fully saturated rings. The van der Waals surface area contributed by atoms with Crippen molar-refractivity contribution in [2.75, 3.05) is 0 Å². The first kappa shape index (κ1) is 9.81. The molecule has 15 heavy (non-hydrogen) atoms. The van der Waals surface area contributed by atoms with E-state index in [0.29, 0.717) is 12.2 Å². The summed E-state index contributed by atoms with van der Waals surface area (Å²) < 4.78 is 1.75. The summed E-state index contributed by atoms with van der Waals surface area (Å²) in [5, 5.41) is 10.8. The molecule has 0 spiro atoms. The molecule has 2 heterocycles. The third-order valence-corrected chi connectivity index (χ3v) is 2.15. The molecular weight excluding hydrogens is 194 g/mol. The van der Waals surface area contributed by atoms with Crippen LogP contribution in [0.2, 0.25) is 0 Å². The van der Waals surface area contributed by atoms with Crippen LogP contribution < -0.4 is 11.3 Å². The van der Waals surface area contributed by atoms with Crippen molar-refractivity contribution in [3.8, 4) is 0 Å². The highest BCUT2D eigenvalue weighted by atomic mass is 15.3. The summed E-state index contributed by atoms with van der Waals surface area (Å²) in [6.45, 7) is 0. The lowest BCUT2D eigenvalue weighted by Crippen LogP contribution is -2.30. The number of hydrazine groups is 1. The Balaban J connectivity index is 2.09. The van der Waals surface area contributed by atoms with E-state index in [9.17, 15) is 0 Å². The Hall–Kier alpha value is -1.73. The molecule has 1 atom stereocenters. The molecule has 0 bridgehead atoms. The van der Waals surface area contributed by atoms with E-state index < -0.39 is 0 Å². The number of hydrogen-bond donors (Lipinski definition) is 3. The molecule has 2 aromatic heterocycles. The van der Waals surface area contributed by atoms with E-state index in [-0.39, 0.29) is 6.04 Å². The van der Waals surface area contributed by atoms with Crippen molar-refractivity contribution in [3.63, 3.8) is 0 Å². The van der Waals surface area contributed by atoms with Gasteiger partial charge in [-0.15, -0.1) is 0 Å². The summed E-state index contributed by atoms with van der Waals surface area (Å²) in [5.74, 6) is 6.16. The highest BCUT2D eigenvalue weighted by molar-refractivity contribution is 5.05. The molecule has 0 aliphatic heterocycles. The van der Waals surface area contributed by atoms with Gasteiger partial charge in [-0.25, -0.2) is 10.4 Å². The van der Waals surface area contributed by atoms with Gasteiger partial charge in [0, 0.05) is 19.7 Å². The second-order valence-electron chi connectivity index (χ2n) is 3.27. The fourth-order valence-electron chi connectivity index (χ4n) is 1.40. The number of nitrogens with one attached hydrogen (secondary N) is 2. The Kier molecular flexibility index (Phi) is 2.75. The van der Waals surface area contributed by atoms with Crippen LogP contribution in [0, 0.1) is 0 Å². The number of nitrogens with two attached hydrogens (primary N) is 1. The fraction of sp³-hybridized carbons (Fsp3) is 0.375. The average Bonchev–Trinajstić information content (AvgIpc) is 2.85. The lowest BCUT2D eigenvalue weighted by molar-refractivity contribution is 0.516. The first-order valence-electron chi connectivity index (χ1n) is 4.59. The monoisotopic (exact) mass is 207 g/mol. The number of aromatic nitrogens is 5. The quantitative estimate of drug-likeness (QED) is 0.454. The van der Waals surface area contributed by atoms with Gasteiger partial charge in [-0.05, 0) is 6.07 Å². The highest BCUT2D eigenvalue weighted by Crippen LogP contribution is 2.11. The third kappa shape index (κ3) is 2.20. The van der Waals surface area contributed by atoms with Gasteiger partial charge in [-0.3, -0.25) is 15.6 Å². The number of aromatic amines is 1. The van der Waals surface area contributed by atoms with E-state index in [2.05, 4.69) is 25.7 Å². The maximum atomic E-state index is 5.45. The van der Waals surface area contributed by atoms with Gasteiger partial charge in [0.05, 0.1) is 11.7 Å². The zero-order valence-corrected chi connectivity index (χ0v) is 8.38. The molecule has 7 nitrogen and oxygen atoms in total. The molecule has 2 aromatic rings. The van der Waals surface area contributed by atoms with E-state index in [4.69, 9.17) is 5.84 Å². The fourth-order valence-corrected chi connectivity index (χ4v) is 1.40. The Morgan fingerprint density at radius 1 is 1.67 bits per heavy atom. The Bertz CT molecular complexity index is 404. The zero-order chi connectivity index (χ0) is 10.7. The summed E-state index contributed by atoms with van der Waals surface area (Å²) in [6, 6.07) is 1.85. The molecule has 0 amide bonds. The van der Waals surface area contributed by atoms with Gasteiger partial charge < -0.3 is 0 Å². The van der Waals surface area contributed by atoms with E-state index in [0.717, 1.165) is 5.69 Å². The largest absolute Gasteiger partial charge is 0.276 e. The topological polar surface area (TPSA) is 97.4 Å². The van der Waals surface area contributed by atoms with Gasteiger partial charge in [0.25, 0.3) is 0 Å². The number of hydrogen-bond acceptors (Lipinski definition) is 5. The molecule has 7 heteroatoms. The molecule has 0 radical (unpaired) electrons. The van der Waals surface area contributed by atoms with Crippen LogP contribution in [-0.4, -0.2) is 25.0 Å². The Labute approximate surface area is 86.7 Å². The first-order valence-corrected chi connectivity index (χ1v) is 4.59. The standard InChI is InChI=1S/C8H13N7/c1-15-3-2-6(14-15)4-7(12-9)8-10-5-11-13-8/h2-3,5,7,12H,4,9H2,1H3,(H,10,11,13). The van der Waals surface area contributed by atoms with Gasteiger partial charge in [0.1, 0.15) is 12.2 Å². The lowest BCUT2D eigenvalue weighted by Gasteiger charge is -2.10. The predicted molar refractivity (Wildman–Crippen MR) is 53.4 cm³/mol. The van der Waals surface area contributed by atoms with Crippen molar-refractivity contribution in [1.82, 2.24) is 30.4 Å². The first-order chi connectivity index (χ1) is 7.29. The Morgan fingerprint density at radius 3 is 3.07 bits per heavy atom. The molecule has 0 aromatic carbocycles. The molecular formula is C8H13N7. The molecule has 2 rings (SSSR count). The molecule has 80 valence electrons. The van der Waals surface area contributed by atoms with Crippen molar-refractivity contribution in [2.45, 2.75) is 12.5 Å². The van der Waals surface area contributed by atoms with E-state index in [1.54, 1.807) is 4.68 Å². The number of H-pyrrole nitrogens is 1. The van der Waals surface area contributed by atoms with Crippen LogP contribution in [-0.2, 0) is 13.5 Å². The Morgan fingerprint density at radius 2 is 2.53 bits per heavy atom. The lowest BCUT2D eigenvalue weighted by atomic mass is 10.1. The highest BCUT2D eigenvalue weighted by Gasteiger charge is 2.14. The van der Waals surface area contributed by atoms with Crippen molar-refractivity contribution in [1.29, 1.82) is 0 Å². The van der Waals surface area contributed by atoms with Gasteiger partial charge >= 0.3 is 0 Å². The van der Waals surface area contributed by atoms with Gasteiger partial charge in [0.2, 0.25) is 0 Å². The van der Waals surface area contributed by atoms with E-state index in [1.807, 2.05) is 19.3 Å². The number of rotatable bonds is 4. The predicted octanol–water partition coefficient (Wildman–Crippen LogP) is -0.715. The summed E-state index contributed by atoms with van der Waals surface area (Å²) in [7, 11) is 1.88. The second-order valence-corrected chi connectivity index (χ2v) is 3.27. The van der Waals surface area contributed by atoms with Crippen molar-refractivity contribution in [3.05, 3.63) is 30.1 Å². The normalized spacial score (nSPS) is 12.9. The van der Waals surface area contributed by atoms with Crippen LogP contribution in [0.3, 0.4) is 0 Å². The van der Waals surface area contributed by atoms with Crippen LogP contribution in [0.5, 0.6) is 0 Å². The maximum Gasteiger partial charge on any atom is 0.143 e. The summed E-state index contributed by atoms with van der Waals surface area (Å²) >= 11 is 0. The minimum absolute atomic E-state index is 0.0950. The van der Waals surface area contributed by atoms with Gasteiger partial charge in [-0.2, -0.15) is 10.2 Å². The molecule has 0 aliphatic rings. The van der Waals surface area contributed by atoms with Crippen LogP contribution in [0.25, 0.3) is 0 Å². The molecule has 0 saturated carbocycles. The summed E-state index contributed by atoms with van der Waals surface area (Å²) in [5.41, 5.74) is 3.63. The van der Waals surface area contributed by atoms with E-state index >= 15 is 0 Å². The van der Waals surface area contributed by atoms with Crippen LogP contribution in [0.1, 0.15) is 17.6 Å². The van der Waals surface area contributed by atoms with E-state index in [1.165, 1.54) is 6.33 Å². The minimum Gasteiger partial charge on any atom is -0.276 e. The number of aryl methyl sites for hydroxylation is 1. The summed E-state index contributed by atoms with van der Waals surface area (Å²) in [6.07, 6.45) is 4.02. The zero-order valence-electron chi connectivity index (χ0n) is 8.38. The van der Waals surface area contributed by atoms with Crippen molar-refractivity contribution < 1.29 is 0 Å². The van der Waals surface area contributed by atoms with Crippen LogP contribution in [0.15, 0.2) is 18.6 Å². The van der Waals surface area contributed by atoms with Gasteiger partial charge in [-0.1, -0.05) is 0 Å². The third-order valence-electron chi connectivity index (χ3n) is 2.15. The minimum atomic E-state index is -0.0950. The number of nitrogens with zero attached hydrogens (tertiary/aromatic N) is 4. The second kappa shape index (κ2) is 4.20. The van der Waals surface area contributed by atoms with Crippen molar-refractivity contribution in [2.24, 2.45) is 12.9 Å². The maximum absolute atomic E-state index is 5.45. The summed E-state index contributed by atoms with van der Waals surface area (Å²) in [4.78, 5) is 4.05. The molecule has 1 unspecified atom stereocenters. The molecule has 4 N–H and O–H groups in total. The molecule has 0 saturated heterocycles. The SMILES string of the molecule is Cn1ccc(CC(NN)c2ncn[nH]2)n1. The average molecular weight is 207 g/mol. The van der Waals surface area contributed by atoms with Crippen LogP contribution in [0.4, 0.5) is 0 Å². The van der Waals surface area contributed by atoms with Crippen LogP contribution >= 0.6 is 0 Å².